The van der Waals surface area contributed by atoms with E-state index in [-0.39, 0.29) is 30.2 Å². The number of nitrogens with zero attached hydrogens (tertiary/aromatic N) is 1. The second-order valence-electron chi connectivity index (χ2n) is 5.71. The average Bonchev–Trinajstić information content (AvgIpc) is 2.52. The van der Waals surface area contributed by atoms with E-state index in [0.29, 0.717) is 13.0 Å². The molecule has 3 nitrogen and oxygen atoms in total. The number of amides is 1. The van der Waals surface area contributed by atoms with Crippen molar-refractivity contribution in [2.45, 2.75) is 45.1 Å². The summed E-state index contributed by atoms with van der Waals surface area (Å²) in [5.74, 6) is -0.0113. The highest BCUT2D eigenvalue weighted by atomic mass is 35.5. The van der Waals surface area contributed by atoms with Crippen molar-refractivity contribution in [3.63, 3.8) is 0 Å². The van der Waals surface area contributed by atoms with Crippen molar-refractivity contribution in [3.05, 3.63) is 35.6 Å². The lowest BCUT2D eigenvalue weighted by molar-refractivity contribution is -0.134. The van der Waals surface area contributed by atoms with Crippen LogP contribution in [-0.2, 0) is 11.2 Å². The molecule has 0 aromatic heterocycles. The van der Waals surface area contributed by atoms with E-state index in [1.807, 2.05) is 11.0 Å². The topological polar surface area (TPSA) is 32.3 Å². The van der Waals surface area contributed by atoms with E-state index in [1.54, 1.807) is 12.1 Å². The van der Waals surface area contributed by atoms with Gasteiger partial charge in [-0.25, -0.2) is 4.39 Å². The molecule has 2 rings (SSSR count). The van der Waals surface area contributed by atoms with E-state index >= 15 is 0 Å². The third kappa shape index (κ3) is 5.58. The van der Waals surface area contributed by atoms with Crippen LogP contribution < -0.4 is 5.32 Å². The largest absolute Gasteiger partial charge is 0.341 e. The van der Waals surface area contributed by atoms with E-state index < -0.39 is 0 Å². The van der Waals surface area contributed by atoms with E-state index in [0.717, 1.165) is 44.3 Å². The number of benzene rings is 1. The lowest BCUT2D eigenvalue weighted by atomic mass is 10.0. The summed E-state index contributed by atoms with van der Waals surface area (Å²) in [6.45, 7) is 4.44. The Morgan fingerprint density at radius 3 is 2.82 bits per heavy atom. The van der Waals surface area contributed by atoms with Gasteiger partial charge >= 0.3 is 0 Å². The molecule has 1 N–H and O–H groups in total. The molecular weight excluding hydrogens is 303 g/mol. The van der Waals surface area contributed by atoms with Crippen LogP contribution in [0.2, 0.25) is 0 Å². The minimum absolute atomic E-state index is 0. The number of nitrogens with one attached hydrogen (secondary N) is 1. The van der Waals surface area contributed by atoms with Crippen LogP contribution in [-0.4, -0.2) is 36.5 Å². The Morgan fingerprint density at radius 2 is 2.18 bits per heavy atom. The van der Waals surface area contributed by atoms with Gasteiger partial charge in [-0.1, -0.05) is 25.5 Å². The van der Waals surface area contributed by atoms with Gasteiger partial charge in [0.05, 0.1) is 6.04 Å². The van der Waals surface area contributed by atoms with Crippen LogP contribution in [0.4, 0.5) is 4.39 Å². The van der Waals surface area contributed by atoms with Gasteiger partial charge in [0.2, 0.25) is 5.91 Å². The smallest absolute Gasteiger partial charge is 0.239 e. The molecule has 0 bridgehead atoms. The number of hydrogen-bond acceptors (Lipinski definition) is 2. The van der Waals surface area contributed by atoms with E-state index in [2.05, 4.69) is 12.2 Å². The highest BCUT2D eigenvalue weighted by molar-refractivity contribution is 5.85. The molecule has 124 valence electrons. The molecule has 0 saturated carbocycles. The van der Waals surface area contributed by atoms with Crippen LogP contribution >= 0.6 is 12.4 Å². The predicted octanol–water partition coefficient (Wildman–Crippen LogP) is 3.17. The Morgan fingerprint density at radius 1 is 1.36 bits per heavy atom. The fourth-order valence-electron chi connectivity index (χ4n) is 2.84. The van der Waals surface area contributed by atoms with Crippen molar-refractivity contribution in [2.24, 2.45) is 0 Å². The zero-order valence-electron chi connectivity index (χ0n) is 13.2. The molecule has 5 heteroatoms. The summed E-state index contributed by atoms with van der Waals surface area (Å²) in [4.78, 5) is 14.5. The molecule has 1 aliphatic heterocycles. The molecule has 22 heavy (non-hydrogen) atoms. The molecule has 0 aliphatic carbocycles. The van der Waals surface area contributed by atoms with Crippen LogP contribution in [0.15, 0.2) is 24.3 Å². The highest BCUT2D eigenvalue weighted by Gasteiger charge is 2.24. The lowest BCUT2D eigenvalue weighted by Gasteiger charge is -2.30. The van der Waals surface area contributed by atoms with Gasteiger partial charge in [-0.15, -0.1) is 12.4 Å². The number of carbonyl (C=O) groups is 1. The molecular formula is C17H26ClFN2O. The van der Waals surface area contributed by atoms with Gasteiger partial charge in [0.15, 0.2) is 0 Å². The summed E-state index contributed by atoms with van der Waals surface area (Å²) in [7, 11) is 0. The predicted molar refractivity (Wildman–Crippen MR) is 89.9 cm³/mol. The average molecular weight is 329 g/mol. The normalized spacial score (nSPS) is 17.6. The standard InChI is InChI=1S/C17H25FN2O.ClH/c1-2-11-20(17(21)16-8-3-4-10-19-16)12-9-14-6-5-7-15(18)13-14;/h5-7,13,16,19H,2-4,8-12H2,1H3;1H. The molecule has 0 spiro atoms. The van der Waals surface area contributed by atoms with Gasteiger partial charge in [-0.2, -0.15) is 0 Å². The lowest BCUT2D eigenvalue weighted by Crippen LogP contribution is -2.49. The third-order valence-corrected chi connectivity index (χ3v) is 3.97. The first-order chi connectivity index (χ1) is 10.2. The fraction of sp³-hybridized carbons (Fsp3) is 0.588. The first kappa shape index (κ1) is 18.9. The SMILES string of the molecule is CCCN(CCc1cccc(F)c1)C(=O)C1CCCCN1.Cl. The van der Waals surface area contributed by atoms with Gasteiger partial charge in [0.25, 0.3) is 0 Å². The molecule has 1 aromatic carbocycles. The number of piperidine rings is 1. The number of halogens is 2. The molecule has 1 aromatic rings. The van der Waals surface area contributed by atoms with Crippen LogP contribution in [0.1, 0.15) is 38.2 Å². The molecule has 1 atom stereocenters. The number of carbonyl (C=O) groups excluding carboxylic acids is 1. The van der Waals surface area contributed by atoms with Crippen molar-refractivity contribution in [3.8, 4) is 0 Å². The number of hydrogen-bond donors (Lipinski definition) is 1. The van der Waals surface area contributed by atoms with Gasteiger partial charge in [0, 0.05) is 13.1 Å². The quantitative estimate of drug-likeness (QED) is 0.870. The van der Waals surface area contributed by atoms with Gasteiger partial charge in [-0.3, -0.25) is 4.79 Å². The van der Waals surface area contributed by atoms with Crippen LogP contribution in [0.25, 0.3) is 0 Å². The van der Waals surface area contributed by atoms with Crippen LogP contribution in [0.5, 0.6) is 0 Å². The Balaban J connectivity index is 0.00000242. The summed E-state index contributed by atoms with van der Waals surface area (Å²) in [5.41, 5.74) is 0.945. The molecule has 1 saturated heterocycles. The second kappa shape index (κ2) is 9.80. The van der Waals surface area contributed by atoms with E-state index in [9.17, 15) is 9.18 Å². The van der Waals surface area contributed by atoms with Crippen LogP contribution in [0.3, 0.4) is 0 Å². The maximum atomic E-state index is 13.2. The van der Waals surface area contributed by atoms with Gasteiger partial charge in [-0.05, 0) is 49.9 Å². The maximum absolute atomic E-state index is 13.2. The Bertz CT molecular complexity index is 464. The summed E-state index contributed by atoms with van der Waals surface area (Å²) in [5, 5.41) is 3.31. The van der Waals surface area contributed by atoms with Crippen molar-refractivity contribution in [2.75, 3.05) is 19.6 Å². The van der Waals surface area contributed by atoms with E-state index in [4.69, 9.17) is 0 Å². The molecule has 1 amide bonds. The second-order valence-corrected chi connectivity index (χ2v) is 5.71. The van der Waals surface area contributed by atoms with Gasteiger partial charge in [0.1, 0.15) is 5.82 Å². The zero-order valence-corrected chi connectivity index (χ0v) is 14.0. The fourth-order valence-corrected chi connectivity index (χ4v) is 2.84. The first-order valence-electron chi connectivity index (χ1n) is 7.97. The zero-order chi connectivity index (χ0) is 15.1. The monoisotopic (exact) mass is 328 g/mol. The number of rotatable bonds is 6. The molecule has 1 heterocycles. The molecule has 1 fully saturated rings. The Labute approximate surface area is 138 Å². The van der Waals surface area contributed by atoms with Crippen molar-refractivity contribution in [1.82, 2.24) is 10.2 Å². The van der Waals surface area contributed by atoms with Crippen molar-refractivity contribution >= 4 is 18.3 Å². The Hall–Kier alpha value is -1.13. The van der Waals surface area contributed by atoms with Crippen LogP contribution in [0, 0.1) is 5.82 Å². The van der Waals surface area contributed by atoms with E-state index in [1.165, 1.54) is 6.07 Å². The molecule has 1 aliphatic rings. The summed E-state index contributed by atoms with van der Waals surface area (Å²) < 4.78 is 13.2. The maximum Gasteiger partial charge on any atom is 0.239 e. The third-order valence-electron chi connectivity index (χ3n) is 3.97. The van der Waals surface area contributed by atoms with Crippen molar-refractivity contribution < 1.29 is 9.18 Å². The minimum atomic E-state index is -0.213. The van der Waals surface area contributed by atoms with Crippen molar-refractivity contribution in [1.29, 1.82) is 0 Å². The first-order valence-corrected chi connectivity index (χ1v) is 7.97. The summed E-state index contributed by atoms with van der Waals surface area (Å²) >= 11 is 0. The Kier molecular flexibility index (Phi) is 8.43. The summed E-state index contributed by atoms with van der Waals surface area (Å²) in [6, 6.07) is 6.60. The molecule has 1 unspecified atom stereocenters. The highest BCUT2D eigenvalue weighted by Crippen LogP contribution is 2.12. The molecule has 0 radical (unpaired) electrons. The van der Waals surface area contributed by atoms with Gasteiger partial charge < -0.3 is 10.2 Å². The minimum Gasteiger partial charge on any atom is -0.341 e. The summed E-state index contributed by atoms with van der Waals surface area (Å²) in [6.07, 6.45) is 4.85.